The second-order valence-electron chi connectivity index (χ2n) is 5.96. The van der Waals surface area contributed by atoms with Crippen LogP contribution in [-0.4, -0.2) is 30.7 Å². The molecule has 0 radical (unpaired) electrons. The molecular formula is C18H34O3. The molecule has 0 bridgehead atoms. The standard InChI is InChI=1S/C18H34O3/c1-2-12-17(21-18-14-11-16-20-18)13-9-7-5-3-4-6-8-10-15-19/h3-4,17-19H,2,5-16H2,1H3/b4-3-. The topological polar surface area (TPSA) is 38.7 Å². The van der Waals surface area contributed by atoms with Crippen LogP contribution in [0.15, 0.2) is 12.2 Å². The van der Waals surface area contributed by atoms with Gasteiger partial charge < -0.3 is 14.6 Å². The van der Waals surface area contributed by atoms with Crippen LogP contribution in [0.1, 0.15) is 77.6 Å². The van der Waals surface area contributed by atoms with Crippen molar-refractivity contribution in [3.63, 3.8) is 0 Å². The molecule has 0 spiro atoms. The highest BCUT2D eigenvalue weighted by Gasteiger charge is 2.20. The number of aliphatic hydroxyl groups excluding tert-OH is 1. The quantitative estimate of drug-likeness (QED) is 0.399. The fourth-order valence-electron chi connectivity index (χ4n) is 2.72. The third-order valence-corrected chi connectivity index (χ3v) is 3.94. The Morgan fingerprint density at radius 3 is 2.52 bits per heavy atom. The minimum atomic E-state index is 0.0629. The minimum Gasteiger partial charge on any atom is -0.396 e. The Labute approximate surface area is 130 Å². The van der Waals surface area contributed by atoms with Crippen LogP contribution >= 0.6 is 0 Å². The lowest BCUT2D eigenvalue weighted by Crippen LogP contribution is -2.21. The fraction of sp³-hybridized carbons (Fsp3) is 0.889. The third kappa shape index (κ3) is 10.0. The molecule has 0 aromatic carbocycles. The van der Waals surface area contributed by atoms with E-state index in [-0.39, 0.29) is 6.29 Å². The lowest BCUT2D eigenvalue weighted by Gasteiger charge is -2.21. The van der Waals surface area contributed by atoms with Gasteiger partial charge in [-0.1, -0.05) is 31.9 Å². The maximum absolute atomic E-state index is 8.69. The fourth-order valence-corrected chi connectivity index (χ4v) is 2.72. The van der Waals surface area contributed by atoms with Gasteiger partial charge in [0.05, 0.1) is 6.10 Å². The summed E-state index contributed by atoms with van der Waals surface area (Å²) in [7, 11) is 0. The van der Waals surface area contributed by atoms with Gasteiger partial charge in [0.15, 0.2) is 6.29 Å². The second-order valence-corrected chi connectivity index (χ2v) is 5.96. The smallest absolute Gasteiger partial charge is 0.158 e. The highest BCUT2D eigenvalue weighted by molar-refractivity contribution is 4.81. The number of hydrogen-bond donors (Lipinski definition) is 1. The summed E-state index contributed by atoms with van der Waals surface area (Å²) in [6, 6.07) is 0. The van der Waals surface area contributed by atoms with Gasteiger partial charge in [0.25, 0.3) is 0 Å². The zero-order valence-corrected chi connectivity index (χ0v) is 13.8. The van der Waals surface area contributed by atoms with Crippen LogP contribution in [-0.2, 0) is 9.47 Å². The highest BCUT2D eigenvalue weighted by atomic mass is 16.7. The normalized spacial score (nSPS) is 20.4. The van der Waals surface area contributed by atoms with Gasteiger partial charge in [-0.3, -0.25) is 0 Å². The SMILES string of the molecule is CCCC(CCCC/C=C\CCCCO)OC1CCCO1. The predicted molar refractivity (Wildman–Crippen MR) is 87.3 cm³/mol. The average Bonchev–Trinajstić information content (AvgIpc) is 2.98. The van der Waals surface area contributed by atoms with E-state index in [2.05, 4.69) is 19.1 Å². The largest absolute Gasteiger partial charge is 0.396 e. The summed E-state index contributed by atoms with van der Waals surface area (Å²) in [5.41, 5.74) is 0. The van der Waals surface area contributed by atoms with Crippen LogP contribution in [0, 0.1) is 0 Å². The monoisotopic (exact) mass is 298 g/mol. The van der Waals surface area contributed by atoms with Gasteiger partial charge >= 0.3 is 0 Å². The molecule has 1 saturated heterocycles. The Balaban J connectivity index is 2.01. The maximum atomic E-state index is 8.69. The Hall–Kier alpha value is -0.380. The van der Waals surface area contributed by atoms with Crippen LogP contribution in [0.2, 0.25) is 0 Å². The Bertz CT molecular complexity index is 247. The summed E-state index contributed by atoms with van der Waals surface area (Å²) in [6.45, 7) is 3.41. The van der Waals surface area contributed by atoms with Crippen molar-refractivity contribution in [2.24, 2.45) is 0 Å². The Morgan fingerprint density at radius 2 is 1.90 bits per heavy atom. The van der Waals surface area contributed by atoms with Gasteiger partial charge in [-0.05, 0) is 51.4 Å². The molecule has 1 aliphatic heterocycles. The number of allylic oxidation sites excluding steroid dienone is 2. The van der Waals surface area contributed by atoms with Crippen LogP contribution in [0.3, 0.4) is 0 Å². The highest BCUT2D eigenvalue weighted by Crippen LogP contribution is 2.20. The molecule has 124 valence electrons. The average molecular weight is 298 g/mol. The molecule has 2 atom stereocenters. The van der Waals surface area contributed by atoms with Crippen molar-refractivity contribution in [3.8, 4) is 0 Å². The summed E-state index contributed by atoms with van der Waals surface area (Å²) in [6.07, 6.45) is 17.4. The van der Waals surface area contributed by atoms with Crippen molar-refractivity contribution in [1.29, 1.82) is 0 Å². The van der Waals surface area contributed by atoms with Gasteiger partial charge in [0.2, 0.25) is 0 Å². The summed E-state index contributed by atoms with van der Waals surface area (Å²) < 4.78 is 11.6. The molecule has 1 N–H and O–H groups in total. The minimum absolute atomic E-state index is 0.0629. The van der Waals surface area contributed by atoms with E-state index in [4.69, 9.17) is 14.6 Å². The summed E-state index contributed by atoms with van der Waals surface area (Å²) >= 11 is 0. The Morgan fingerprint density at radius 1 is 1.14 bits per heavy atom. The van der Waals surface area contributed by atoms with Crippen molar-refractivity contribution >= 4 is 0 Å². The molecule has 0 aliphatic carbocycles. The molecule has 0 aromatic heterocycles. The van der Waals surface area contributed by atoms with Gasteiger partial charge in [0.1, 0.15) is 0 Å². The third-order valence-electron chi connectivity index (χ3n) is 3.94. The second kappa shape index (κ2) is 13.3. The van der Waals surface area contributed by atoms with Gasteiger partial charge in [-0.2, -0.15) is 0 Å². The first-order valence-electron chi connectivity index (χ1n) is 8.89. The Kier molecular flexibility index (Phi) is 11.8. The first kappa shape index (κ1) is 18.7. The van der Waals surface area contributed by atoms with E-state index in [1.807, 2.05) is 0 Å². The van der Waals surface area contributed by atoms with Crippen LogP contribution in [0.4, 0.5) is 0 Å². The van der Waals surface area contributed by atoms with E-state index >= 15 is 0 Å². The van der Waals surface area contributed by atoms with E-state index in [1.54, 1.807) is 0 Å². The predicted octanol–water partition coefficient (Wildman–Crippen LogP) is 4.59. The molecule has 1 rings (SSSR count). The summed E-state index contributed by atoms with van der Waals surface area (Å²) in [4.78, 5) is 0. The van der Waals surface area contributed by atoms with Crippen LogP contribution < -0.4 is 0 Å². The first-order chi connectivity index (χ1) is 10.4. The zero-order chi connectivity index (χ0) is 15.2. The molecule has 0 aromatic rings. The van der Waals surface area contributed by atoms with Gasteiger partial charge in [-0.15, -0.1) is 0 Å². The van der Waals surface area contributed by atoms with Crippen molar-refractivity contribution in [2.75, 3.05) is 13.2 Å². The summed E-state index contributed by atoms with van der Waals surface area (Å²) in [5, 5.41) is 8.69. The van der Waals surface area contributed by atoms with Crippen molar-refractivity contribution in [1.82, 2.24) is 0 Å². The van der Waals surface area contributed by atoms with E-state index < -0.39 is 0 Å². The van der Waals surface area contributed by atoms with Gasteiger partial charge in [-0.25, -0.2) is 0 Å². The summed E-state index contributed by atoms with van der Waals surface area (Å²) in [5.74, 6) is 0. The lowest BCUT2D eigenvalue weighted by molar-refractivity contribution is -0.147. The molecule has 0 saturated carbocycles. The number of rotatable bonds is 13. The number of unbranched alkanes of at least 4 members (excludes halogenated alkanes) is 4. The zero-order valence-electron chi connectivity index (χ0n) is 13.8. The maximum Gasteiger partial charge on any atom is 0.158 e. The molecule has 3 heteroatoms. The number of hydrogen-bond acceptors (Lipinski definition) is 3. The van der Waals surface area contributed by atoms with E-state index in [0.29, 0.717) is 12.7 Å². The van der Waals surface area contributed by atoms with Crippen LogP contribution in [0.5, 0.6) is 0 Å². The van der Waals surface area contributed by atoms with E-state index in [1.165, 1.54) is 19.3 Å². The van der Waals surface area contributed by atoms with E-state index in [0.717, 1.165) is 58.0 Å². The molecule has 21 heavy (non-hydrogen) atoms. The molecule has 1 heterocycles. The molecular weight excluding hydrogens is 264 g/mol. The van der Waals surface area contributed by atoms with Crippen molar-refractivity contribution in [2.45, 2.75) is 89.9 Å². The van der Waals surface area contributed by atoms with E-state index in [9.17, 15) is 0 Å². The molecule has 0 amide bonds. The van der Waals surface area contributed by atoms with Crippen molar-refractivity contribution in [3.05, 3.63) is 12.2 Å². The lowest BCUT2D eigenvalue weighted by atomic mass is 10.1. The molecule has 3 nitrogen and oxygen atoms in total. The number of ether oxygens (including phenoxy) is 2. The molecule has 1 aliphatic rings. The van der Waals surface area contributed by atoms with Crippen molar-refractivity contribution < 1.29 is 14.6 Å². The first-order valence-corrected chi connectivity index (χ1v) is 8.89. The molecule has 2 unspecified atom stereocenters. The number of aliphatic hydroxyl groups is 1. The van der Waals surface area contributed by atoms with Gasteiger partial charge in [0, 0.05) is 19.6 Å². The molecule has 1 fully saturated rings. The van der Waals surface area contributed by atoms with Crippen LogP contribution in [0.25, 0.3) is 0 Å².